The van der Waals surface area contributed by atoms with Gasteiger partial charge in [-0.1, -0.05) is 40.8 Å². The van der Waals surface area contributed by atoms with Crippen LogP contribution in [0.5, 0.6) is 0 Å². The van der Waals surface area contributed by atoms with Crippen molar-refractivity contribution in [2.24, 2.45) is 0 Å². The van der Waals surface area contributed by atoms with E-state index in [0.29, 0.717) is 0 Å². The van der Waals surface area contributed by atoms with E-state index in [9.17, 15) is 0 Å². The molecule has 0 aliphatic heterocycles. The van der Waals surface area contributed by atoms with E-state index in [1.807, 2.05) is 0 Å². The van der Waals surface area contributed by atoms with Crippen molar-refractivity contribution < 1.29 is 0 Å². The molecule has 44 valence electrons. The molecule has 0 amide bonds. The van der Waals surface area contributed by atoms with E-state index in [4.69, 9.17) is 0 Å². The third-order valence-corrected chi connectivity index (χ3v) is 1.67. The van der Waals surface area contributed by atoms with Crippen LogP contribution in [-0.4, -0.2) is 4.43 Å². The van der Waals surface area contributed by atoms with Gasteiger partial charge in [-0.3, -0.25) is 0 Å². The van der Waals surface area contributed by atoms with Crippen molar-refractivity contribution in [3.8, 4) is 0 Å². The normalized spacial score (nSPS) is 16.9. The van der Waals surface area contributed by atoms with Crippen LogP contribution in [0.25, 0.3) is 0 Å². The van der Waals surface area contributed by atoms with E-state index >= 15 is 0 Å². The number of rotatable bonds is 3. The molecule has 0 bridgehead atoms. The van der Waals surface area contributed by atoms with Crippen LogP contribution in [0.1, 0.15) is 12.8 Å². The minimum Gasteiger partial charge on any atom is -0.0860 e. The van der Waals surface area contributed by atoms with Crippen molar-refractivity contribution in [3.63, 3.8) is 0 Å². The Bertz CT molecular complexity index is 122. The Labute approximate surface area is 63.8 Å². The van der Waals surface area contributed by atoms with Gasteiger partial charge in [0, 0.05) is 4.43 Å². The molecule has 0 radical (unpaired) electrons. The van der Waals surface area contributed by atoms with Gasteiger partial charge in [-0.05, 0) is 18.4 Å². The molecule has 0 unspecified atom stereocenters. The van der Waals surface area contributed by atoms with Crippen molar-refractivity contribution in [1.82, 2.24) is 0 Å². The summed E-state index contributed by atoms with van der Waals surface area (Å²) in [5.41, 5.74) is 1.51. The Morgan fingerprint density at radius 1 is 1.75 bits per heavy atom. The van der Waals surface area contributed by atoms with Gasteiger partial charge in [0.2, 0.25) is 0 Å². The molecule has 0 heterocycles. The van der Waals surface area contributed by atoms with E-state index < -0.39 is 0 Å². The van der Waals surface area contributed by atoms with Gasteiger partial charge in [-0.25, -0.2) is 0 Å². The molecule has 0 saturated carbocycles. The first-order valence-corrected chi connectivity index (χ1v) is 4.37. The fraction of sp³-hybridized carbons (Fsp3) is 0.429. The number of allylic oxidation sites excluding steroid dienone is 4. The molecule has 1 aliphatic carbocycles. The largest absolute Gasteiger partial charge is 0.0860 e. The summed E-state index contributed by atoms with van der Waals surface area (Å²) in [5.74, 6) is 0. The minimum atomic E-state index is 1.22. The zero-order valence-corrected chi connectivity index (χ0v) is 6.89. The Balaban J connectivity index is 2.05. The molecule has 8 heavy (non-hydrogen) atoms. The second-order valence-corrected chi connectivity index (χ2v) is 2.94. The molecule has 1 aliphatic rings. The van der Waals surface area contributed by atoms with E-state index in [1.54, 1.807) is 0 Å². The van der Waals surface area contributed by atoms with E-state index in [0.717, 1.165) is 0 Å². The van der Waals surface area contributed by atoms with Crippen LogP contribution in [-0.2, 0) is 0 Å². The molecule has 1 rings (SSSR count). The third kappa shape index (κ3) is 2.50. The van der Waals surface area contributed by atoms with Gasteiger partial charge in [0.25, 0.3) is 0 Å². The highest BCUT2D eigenvalue weighted by Gasteiger charge is 1.99. The molecule has 0 fully saturated rings. The van der Waals surface area contributed by atoms with Gasteiger partial charge in [-0.2, -0.15) is 0 Å². The summed E-state index contributed by atoms with van der Waals surface area (Å²) < 4.78 is 1.24. The molecule has 0 saturated heterocycles. The molecule has 0 atom stereocenters. The zero-order chi connectivity index (χ0) is 5.82. The molecule has 0 spiro atoms. The SMILES string of the molecule is ICC/C=C/C1=CC1. The van der Waals surface area contributed by atoms with E-state index in [2.05, 4.69) is 40.8 Å². The highest BCUT2D eigenvalue weighted by molar-refractivity contribution is 14.1. The zero-order valence-electron chi connectivity index (χ0n) is 4.73. The van der Waals surface area contributed by atoms with Crippen LogP contribution >= 0.6 is 22.6 Å². The van der Waals surface area contributed by atoms with Crippen LogP contribution in [0.2, 0.25) is 0 Å². The monoisotopic (exact) mass is 220 g/mol. The van der Waals surface area contributed by atoms with Crippen LogP contribution in [0.15, 0.2) is 23.8 Å². The van der Waals surface area contributed by atoms with E-state index in [1.165, 1.54) is 22.8 Å². The first-order chi connectivity index (χ1) is 3.93. The summed E-state index contributed by atoms with van der Waals surface area (Å²) >= 11 is 2.38. The topological polar surface area (TPSA) is 0 Å². The number of alkyl halides is 1. The lowest BCUT2D eigenvalue weighted by Crippen LogP contribution is -1.63. The van der Waals surface area contributed by atoms with Gasteiger partial charge in [0.15, 0.2) is 0 Å². The Kier molecular flexibility index (Phi) is 2.59. The summed E-state index contributed by atoms with van der Waals surface area (Å²) in [6.45, 7) is 0. The van der Waals surface area contributed by atoms with Crippen LogP contribution < -0.4 is 0 Å². The Morgan fingerprint density at radius 3 is 3.00 bits per heavy atom. The molecular formula is C7H9I. The van der Waals surface area contributed by atoms with Crippen molar-refractivity contribution in [2.75, 3.05) is 4.43 Å². The summed E-state index contributed by atoms with van der Waals surface area (Å²) in [7, 11) is 0. The molecule has 1 heteroatoms. The van der Waals surface area contributed by atoms with Gasteiger partial charge in [0.1, 0.15) is 0 Å². The second-order valence-electron chi connectivity index (χ2n) is 1.86. The molecule has 0 aromatic heterocycles. The first kappa shape index (κ1) is 6.33. The fourth-order valence-corrected chi connectivity index (χ4v) is 0.852. The van der Waals surface area contributed by atoms with Crippen LogP contribution in [0.4, 0.5) is 0 Å². The number of hydrogen-bond acceptors (Lipinski definition) is 0. The predicted molar refractivity (Wildman–Crippen MR) is 45.3 cm³/mol. The Morgan fingerprint density at radius 2 is 2.50 bits per heavy atom. The molecule has 0 aromatic rings. The maximum absolute atomic E-state index is 2.38. The summed E-state index contributed by atoms with van der Waals surface area (Å²) in [4.78, 5) is 0. The Hall–Kier alpha value is 0.210. The lowest BCUT2D eigenvalue weighted by atomic mass is 10.4. The standard InChI is InChI=1S/C7H9I/c8-6-2-1-3-7-4-5-7/h1,3-4H,2,5-6H2/b3-1+. The van der Waals surface area contributed by atoms with Crippen LogP contribution in [0, 0.1) is 0 Å². The van der Waals surface area contributed by atoms with Gasteiger partial charge >= 0.3 is 0 Å². The quantitative estimate of drug-likeness (QED) is 0.506. The first-order valence-electron chi connectivity index (χ1n) is 2.85. The van der Waals surface area contributed by atoms with Crippen molar-refractivity contribution in [2.45, 2.75) is 12.8 Å². The van der Waals surface area contributed by atoms with Gasteiger partial charge in [-0.15, -0.1) is 0 Å². The highest BCUT2D eigenvalue weighted by atomic mass is 127. The van der Waals surface area contributed by atoms with Crippen molar-refractivity contribution in [3.05, 3.63) is 23.8 Å². The summed E-state index contributed by atoms with van der Waals surface area (Å²) in [5, 5.41) is 0. The average molecular weight is 220 g/mol. The van der Waals surface area contributed by atoms with Crippen LogP contribution in [0.3, 0.4) is 0 Å². The molecule has 0 N–H and O–H groups in total. The highest BCUT2D eigenvalue weighted by Crippen LogP contribution is 2.19. The molecule has 0 nitrogen and oxygen atoms in total. The minimum absolute atomic E-state index is 1.22. The fourth-order valence-electron chi connectivity index (χ4n) is 0.493. The van der Waals surface area contributed by atoms with Gasteiger partial charge in [0.05, 0.1) is 0 Å². The summed E-state index contributed by atoms with van der Waals surface area (Å²) in [6, 6.07) is 0. The number of halogens is 1. The maximum atomic E-state index is 2.38. The van der Waals surface area contributed by atoms with E-state index in [-0.39, 0.29) is 0 Å². The lowest BCUT2D eigenvalue weighted by molar-refractivity contribution is 1.27. The molecule has 0 aromatic carbocycles. The second kappa shape index (κ2) is 3.28. The molecular weight excluding hydrogens is 211 g/mol. The van der Waals surface area contributed by atoms with Crippen molar-refractivity contribution in [1.29, 1.82) is 0 Å². The van der Waals surface area contributed by atoms with Gasteiger partial charge < -0.3 is 0 Å². The average Bonchev–Trinajstić information content (AvgIpc) is 2.51. The number of hydrogen-bond donors (Lipinski definition) is 0. The summed E-state index contributed by atoms with van der Waals surface area (Å²) in [6.07, 6.45) is 9.16. The predicted octanol–water partition coefficient (Wildman–Crippen LogP) is 2.70. The smallest absolute Gasteiger partial charge is 0.00300 e. The maximum Gasteiger partial charge on any atom is 0.00300 e. The lowest BCUT2D eigenvalue weighted by Gasteiger charge is -1.78. The third-order valence-electron chi connectivity index (χ3n) is 1.05. The van der Waals surface area contributed by atoms with Crippen molar-refractivity contribution >= 4 is 22.6 Å².